The van der Waals surface area contributed by atoms with E-state index in [9.17, 15) is 9.59 Å². The summed E-state index contributed by atoms with van der Waals surface area (Å²) in [6, 6.07) is 3.22. The first kappa shape index (κ1) is 15.9. The van der Waals surface area contributed by atoms with Crippen LogP contribution in [0.3, 0.4) is 0 Å². The van der Waals surface area contributed by atoms with Crippen LogP contribution in [0.2, 0.25) is 0 Å². The van der Waals surface area contributed by atoms with Crippen LogP contribution in [0, 0.1) is 0 Å². The van der Waals surface area contributed by atoms with Crippen molar-refractivity contribution in [2.45, 2.75) is 33.1 Å². The summed E-state index contributed by atoms with van der Waals surface area (Å²) in [4.78, 5) is 27.5. The molecular formula is C14H22N4O2. The molecule has 0 radical (unpaired) electrons. The molecule has 0 bridgehead atoms. The molecule has 2 amide bonds. The van der Waals surface area contributed by atoms with Crippen molar-refractivity contribution in [1.82, 2.24) is 15.6 Å². The van der Waals surface area contributed by atoms with E-state index >= 15 is 0 Å². The van der Waals surface area contributed by atoms with Crippen LogP contribution in [0.25, 0.3) is 0 Å². The first-order valence-corrected chi connectivity index (χ1v) is 6.88. The van der Waals surface area contributed by atoms with Gasteiger partial charge in [-0.15, -0.1) is 0 Å². The molecular weight excluding hydrogens is 256 g/mol. The smallest absolute Gasteiger partial charge is 0.251 e. The molecule has 6 nitrogen and oxygen atoms in total. The van der Waals surface area contributed by atoms with E-state index in [1.165, 1.54) is 6.07 Å². The molecule has 0 aliphatic carbocycles. The Kier molecular flexibility index (Phi) is 6.49. The molecule has 0 fully saturated rings. The molecule has 6 heteroatoms. The van der Waals surface area contributed by atoms with Crippen molar-refractivity contribution in [2.75, 3.05) is 18.8 Å². The van der Waals surface area contributed by atoms with Crippen molar-refractivity contribution in [3.05, 3.63) is 23.4 Å². The van der Waals surface area contributed by atoms with E-state index in [1.807, 2.05) is 13.8 Å². The van der Waals surface area contributed by atoms with Crippen LogP contribution in [-0.2, 0) is 11.2 Å². The Balaban J connectivity index is 2.60. The second kappa shape index (κ2) is 8.14. The summed E-state index contributed by atoms with van der Waals surface area (Å²) in [7, 11) is 0. The number of nitrogen functional groups attached to an aromatic ring is 1. The van der Waals surface area contributed by atoms with E-state index in [0.717, 1.165) is 25.0 Å². The Hall–Kier alpha value is -2.11. The Morgan fingerprint density at radius 3 is 2.60 bits per heavy atom. The number of hydrogen-bond donors (Lipinski definition) is 3. The standard InChI is InChI=1S/C14H22N4O2/c1-3-5-11-7-10(8-12(15)18-11)14(20)17-9-13(19)16-6-4-2/h7-8H,3-6,9H2,1-2H3,(H2,15,18)(H,16,19)(H,17,20). The van der Waals surface area contributed by atoms with E-state index in [4.69, 9.17) is 5.73 Å². The normalized spacial score (nSPS) is 10.1. The third-order valence-electron chi connectivity index (χ3n) is 2.65. The maximum atomic E-state index is 12.0. The van der Waals surface area contributed by atoms with Gasteiger partial charge in [-0.2, -0.15) is 0 Å². The highest BCUT2D eigenvalue weighted by atomic mass is 16.2. The lowest BCUT2D eigenvalue weighted by Gasteiger charge is -2.08. The summed E-state index contributed by atoms with van der Waals surface area (Å²) in [6.45, 7) is 4.57. The van der Waals surface area contributed by atoms with E-state index in [0.29, 0.717) is 17.9 Å². The Morgan fingerprint density at radius 2 is 1.95 bits per heavy atom. The highest BCUT2D eigenvalue weighted by Crippen LogP contribution is 2.09. The van der Waals surface area contributed by atoms with Gasteiger partial charge < -0.3 is 16.4 Å². The molecule has 0 saturated carbocycles. The first-order valence-electron chi connectivity index (χ1n) is 6.88. The number of amides is 2. The fraction of sp³-hybridized carbons (Fsp3) is 0.500. The molecule has 20 heavy (non-hydrogen) atoms. The zero-order valence-electron chi connectivity index (χ0n) is 12.0. The second-order valence-electron chi connectivity index (χ2n) is 4.55. The number of hydrogen-bond acceptors (Lipinski definition) is 4. The van der Waals surface area contributed by atoms with Crippen LogP contribution >= 0.6 is 0 Å². The maximum absolute atomic E-state index is 12.0. The lowest BCUT2D eigenvalue weighted by atomic mass is 10.1. The number of nitrogens with two attached hydrogens (primary N) is 1. The molecule has 0 unspecified atom stereocenters. The van der Waals surface area contributed by atoms with Crippen LogP contribution in [0.5, 0.6) is 0 Å². The number of carbonyl (C=O) groups is 2. The van der Waals surface area contributed by atoms with Crippen LogP contribution < -0.4 is 16.4 Å². The zero-order chi connectivity index (χ0) is 15.0. The van der Waals surface area contributed by atoms with Crippen molar-refractivity contribution in [1.29, 1.82) is 0 Å². The van der Waals surface area contributed by atoms with Crippen LogP contribution in [0.4, 0.5) is 5.82 Å². The average molecular weight is 278 g/mol. The minimum absolute atomic E-state index is 0.0375. The van der Waals surface area contributed by atoms with E-state index < -0.39 is 0 Å². The van der Waals surface area contributed by atoms with Gasteiger partial charge in [0.2, 0.25) is 5.91 Å². The fourth-order valence-electron chi connectivity index (χ4n) is 1.72. The van der Waals surface area contributed by atoms with Crippen molar-refractivity contribution in [3.8, 4) is 0 Å². The van der Waals surface area contributed by atoms with Gasteiger partial charge in [-0.3, -0.25) is 9.59 Å². The first-order chi connectivity index (χ1) is 9.56. The van der Waals surface area contributed by atoms with E-state index in [-0.39, 0.29) is 18.4 Å². The molecule has 0 spiro atoms. The minimum atomic E-state index is -0.317. The predicted molar refractivity (Wildman–Crippen MR) is 78.3 cm³/mol. The van der Waals surface area contributed by atoms with Gasteiger partial charge in [0, 0.05) is 17.8 Å². The van der Waals surface area contributed by atoms with E-state index in [1.54, 1.807) is 6.07 Å². The molecule has 1 rings (SSSR count). The molecule has 4 N–H and O–H groups in total. The molecule has 0 aliphatic rings. The topological polar surface area (TPSA) is 97.1 Å². The number of pyridine rings is 1. The molecule has 1 aromatic heterocycles. The zero-order valence-corrected chi connectivity index (χ0v) is 12.0. The van der Waals surface area contributed by atoms with Gasteiger partial charge in [0.1, 0.15) is 5.82 Å². The van der Waals surface area contributed by atoms with Crippen LogP contribution in [0.15, 0.2) is 12.1 Å². The fourth-order valence-corrected chi connectivity index (χ4v) is 1.72. The molecule has 1 heterocycles. The van der Waals surface area contributed by atoms with Gasteiger partial charge >= 0.3 is 0 Å². The number of aromatic nitrogens is 1. The van der Waals surface area contributed by atoms with Gasteiger partial charge in [0.25, 0.3) is 5.91 Å². The molecule has 0 aromatic carbocycles. The molecule has 0 saturated heterocycles. The third kappa shape index (κ3) is 5.26. The molecule has 110 valence electrons. The van der Waals surface area contributed by atoms with Gasteiger partial charge in [-0.05, 0) is 25.0 Å². The van der Waals surface area contributed by atoms with Crippen molar-refractivity contribution < 1.29 is 9.59 Å². The number of aryl methyl sites for hydroxylation is 1. The largest absolute Gasteiger partial charge is 0.384 e. The number of rotatable bonds is 7. The van der Waals surface area contributed by atoms with Gasteiger partial charge in [-0.1, -0.05) is 20.3 Å². The number of nitrogens with one attached hydrogen (secondary N) is 2. The summed E-state index contributed by atoms with van der Waals surface area (Å²) in [6.07, 6.45) is 2.56. The minimum Gasteiger partial charge on any atom is -0.384 e. The van der Waals surface area contributed by atoms with Gasteiger partial charge in [0.05, 0.1) is 6.54 Å². The lowest BCUT2D eigenvalue weighted by Crippen LogP contribution is -2.37. The highest BCUT2D eigenvalue weighted by molar-refractivity contribution is 5.97. The molecule has 0 atom stereocenters. The number of anilines is 1. The molecule has 0 aliphatic heterocycles. The number of nitrogens with zero attached hydrogens (tertiary/aromatic N) is 1. The van der Waals surface area contributed by atoms with Crippen molar-refractivity contribution >= 4 is 17.6 Å². The molecule has 1 aromatic rings. The maximum Gasteiger partial charge on any atom is 0.251 e. The summed E-state index contributed by atoms with van der Waals surface area (Å²) < 4.78 is 0. The lowest BCUT2D eigenvalue weighted by molar-refractivity contribution is -0.120. The van der Waals surface area contributed by atoms with Crippen LogP contribution in [-0.4, -0.2) is 29.9 Å². The van der Waals surface area contributed by atoms with E-state index in [2.05, 4.69) is 15.6 Å². The quantitative estimate of drug-likeness (QED) is 0.689. The third-order valence-corrected chi connectivity index (χ3v) is 2.65. The highest BCUT2D eigenvalue weighted by Gasteiger charge is 2.10. The number of carbonyl (C=O) groups excluding carboxylic acids is 2. The SMILES string of the molecule is CCCNC(=O)CNC(=O)c1cc(N)nc(CCC)c1. The van der Waals surface area contributed by atoms with Crippen molar-refractivity contribution in [2.24, 2.45) is 0 Å². The Labute approximate surface area is 119 Å². The summed E-state index contributed by atoms with van der Waals surface area (Å²) >= 11 is 0. The monoisotopic (exact) mass is 278 g/mol. The summed E-state index contributed by atoms with van der Waals surface area (Å²) in [5.41, 5.74) is 6.90. The average Bonchev–Trinajstić information content (AvgIpc) is 2.42. The van der Waals surface area contributed by atoms with Gasteiger partial charge in [-0.25, -0.2) is 4.98 Å². The second-order valence-corrected chi connectivity index (χ2v) is 4.55. The van der Waals surface area contributed by atoms with Crippen molar-refractivity contribution in [3.63, 3.8) is 0 Å². The van der Waals surface area contributed by atoms with Crippen LogP contribution in [0.1, 0.15) is 42.7 Å². The predicted octanol–water partition coefficient (Wildman–Crippen LogP) is 0.872. The summed E-state index contributed by atoms with van der Waals surface area (Å²) in [5, 5.41) is 5.26. The van der Waals surface area contributed by atoms with Gasteiger partial charge in [0.15, 0.2) is 0 Å². The summed E-state index contributed by atoms with van der Waals surface area (Å²) in [5.74, 6) is -0.198. The Bertz CT molecular complexity index is 474. The Morgan fingerprint density at radius 1 is 1.20 bits per heavy atom.